The number of fused-ring (bicyclic) bond motifs is 1. The number of hydrogen-bond acceptors (Lipinski definition) is 3. The van der Waals surface area contributed by atoms with E-state index in [1.54, 1.807) is 12.1 Å². The third-order valence-corrected chi connectivity index (χ3v) is 6.91. The van der Waals surface area contributed by atoms with E-state index >= 15 is 0 Å². The molecule has 0 N–H and O–H groups in total. The molecule has 0 aliphatic carbocycles. The highest BCUT2D eigenvalue weighted by molar-refractivity contribution is 5.81. The van der Waals surface area contributed by atoms with Crippen molar-refractivity contribution in [2.24, 2.45) is 0 Å². The number of halogens is 1. The lowest BCUT2D eigenvalue weighted by atomic mass is 10.1. The molecule has 6 heteroatoms. The Kier molecular flexibility index (Phi) is 7.03. The summed E-state index contributed by atoms with van der Waals surface area (Å²) in [6.07, 6.45) is 2.33. The van der Waals surface area contributed by atoms with E-state index in [2.05, 4.69) is 36.6 Å². The summed E-state index contributed by atoms with van der Waals surface area (Å²) in [6.45, 7) is 6.77. The number of aryl methyl sites for hydroxylation is 3. The van der Waals surface area contributed by atoms with Crippen LogP contribution in [0.25, 0.3) is 11.0 Å². The summed E-state index contributed by atoms with van der Waals surface area (Å²) in [5.41, 5.74) is 5.40. The van der Waals surface area contributed by atoms with Crippen LogP contribution in [0.4, 0.5) is 4.39 Å². The SMILES string of the molecule is Cc1ccc(OCCCCn2c(C3CC(=O)N(Cc4ccc(F)cc4)C3)nc3ccccc32)c(C)c1. The highest BCUT2D eigenvalue weighted by atomic mass is 19.1. The number of para-hydroxylation sites is 2. The van der Waals surface area contributed by atoms with Crippen molar-refractivity contribution in [3.63, 3.8) is 0 Å². The third-order valence-electron chi connectivity index (χ3n) is 6.91. The van der Waals surface area contributed by atoms with Gasteiger partial charge in [0.15, 0.2) is 0 Å². The van der Waals surface area contributed by atoms with Crippen LogP contribution in [0.5, 0.6) is 5.75 Å². The van der Waals surface area contributed by atoms with Gasteiger partial charge in [0.1, 0.15) is 17.4 Å². The van der Waals surface area contributed by atoms with Crippen LogP contribution in [0.2, 0.25) is 0 Å². The van der Waals surface area contributed by atoms with Crippen LogP contribution in [0, 0.1) is 19.7 Å². The molecule has 0 bridgehead atoms. The van der Waals surface area contributed by atoms with Gasteiger partial charge in [0, 0.05) is 32.0 Å². The van der Waals surface area contributed by atoms with Gasteiger partial charge < -0.3 is 14.2 Å². The zero-order valence-corrected chi connectivity index (χ0v) is 20.9. The molecule has 0 radical (unpaired) electrons. The van der Waals surface area contributed by atoms with Gasteiger partial charge in [-0.25, -0.2) is 9.37 Å². The average Bonchev–Trinajstić information content (AvgIpc) is 3.41. The van der Waals surface area contributed by atoms with Crippen molar-refractivity contribution in [2.45, 2.75) is 52.1 Å². The van der Waals surface area contributed by atoms with Gasteiger partial charge in [-0.15, -0.1) is 0 Å². The van der Waals surface area contributed by atoms with Gasteiger partial charge in [0.25, 0.3) is 0 Å². The third kappa shape index (κ3) is 5.27. The van der Waals surface area contributed by atoms with Crippen LogP contribution < -0.4 is 4.74 Å². The van der Waals surface area contributed by atoms with E-state index < -0.39 is 0 Å². The molecule has 1 amide bonds. The van der Waals surface area contributed by atoms with E-state index in [1.165, 1.54) is 17.7 Å². The van der Waals surface area contributed by atoms with Crippen LogP contribution in [0.3, 0.4) is 0 Å². The molecule has 0 spiro atoms. The van der Waals surface area contributed by atoms with Crippen LogP contribution in [0.15, 0.2) is 66.7 Å². The highest BCUT2D eigenvalue weighted by Gasteiger charge is 2.33. The first-order valence-corrected chi connectivity index (χ1v) is 12.7. The number of carbonyl (C=O) groups excluding carboxylic acids is 1. The lowest BCUT2D eigenvalue weighted by molar-refractivity contribution is -0.128. The number of imidazole rings is 1. The molecule has 1 atom stereocenters. The molecule has 1 aliphatic rings. The Morgan fingerprint density at radius 3 is 2.64 bits per heavy atom. The van der Waals surface area contributed by atoms with E-state index in [1.807, 2.05) is 29.2 Å². The maximum atomic E-state index is 13.3. The summed E-state index contributed by atoms with van der Waals surface area (Å²) in [5, 5.41) is 0. The fourth-order valence-electron chi connectivity index (χ4n) is 5.06. The lowest BCUT2D eigenvalue weighted by Crippen LogP contribution is -2.24. The molecule has 4 aromatic rings. The number of rotatable bonds is 9. The monoisotopic (exact) mass is 485 g/mol. The number of nitrogens with zero attached hydrogens (tertiary/aromatic N) is 3. The molecule has 2 heterocycles. The number of carbonyl (C=O) groups is 1. The average molecular weight is 486 g/mol. The Bertz CT molecular complexity index is 1360. The molecule has 1 unspecified atom stereocenters. The maximum absolute atomic E-state index is 13.3. The molecule has 36 heavy (non-hydrogen) atoms. The Hall–Kier alpha value is -3.67. The molecule has 186 valence electrons. The van der Waals surface area contributed by atoms with E-state index in [0.29, 0.717) is 26.1 Å². The second-order valence-corrected chi connectivity index (χ2v) is 9.74. The zero-order chi connectivity index (χ0) is 25.1. The smallest absolute Gasteiger partial charge is 0.223 e. The molecule has 1 aliphatic heterocycles. The molecule has 5 nitrogen and oxygen atoms in total. The zero-order valence-electron chi connectivity index (χ0n) is 20.9. The number of aromatic nitrogens is 2. The quantitative estimate of drug-likeness (QED) is 0.267. The summed E-state index contributed by atoms with van der Waals surface area (Å²) in [6, 6.07) is 20.8. The molecule has 5 rings (SSSR count). The largest absolute Gasteiger partial charge is 0.493 e. The lowest BCUT2D eigenvalue weighted by Gasteiger charge is -2.17. The van der Waals surface area contributed by atoms with Gasteiger partial charge in [-0.1, -0.05) is 42.0 Å². The van der Waals surface area contributed by atoms with Crippen LogP contribution in [-0.4, -0.2) is 33.5 Å². The Labute approximate surface area is 211 Å². The minimum atomic E-state index is -0.266. The van der Waals surface area contributed by atoms with E-state index in [0.717, 1.165) is 53.1 Å². The summed E-state index contributed by atoms with van der Waals surface area (Å²) in [7, 11) is 0. The van der Waals surface area contributed by atoms with Crippen LogP contribution in [-0.2, 0) is 17.9 Å². The second kappa shape index (κ2) is 10.5. The molecule has 1 saturated heterocycles. The first-order chi connectivity index (χ1) is 17.5. The van der Waals surface area contributed by atoms with Crippen molar-refractivity contribution in [1.29, 1.82) is 0 Å². The summed E-state index contributed by atoms with van der Waals surface area (Å²) in [4.78, 5) is 19.6. The number of hydrogen-bond donors (Lipinski definition) is 0. The predicted octanol–water partition coefficient (Wildman–Crippen LogP) is 6.17. The Balaban J connectivity index is 1.25. The minimum absolute atomic E-state index is 0.0387. The van der Waals surface area contributed by atoms with Crippen molar-refractivity contribution >= 4 is 16.9 Å². The number of amides is 1. The normalized spacial score (nSPS) is 15.7. The topological polar surface area (TPSA) is 47.4 Å². The highest BCUT2D eigenvalue weighted by Crippen LogP contribution is 2.31. The van der Waals surface area contributed by atoms with Gasteiger partial charge in [-0.3, -0.25) is 4.79 Å². The summed E-state index contributed by atoms with van der Waals surface area (Å²) >= 11 is 0. The molecule has 1 aromatic heterocycles. The van der Waals surface area contributed by atoms with E-state index in [9.17, 15) is 9.18 Å². The van der Waals surface area contributed by atoms with E-state index in [-0.39, 0.29) is 17.6 Å². The Morgan fingerprint density at radius 1 is 1.03 bits per heavy atom. The van der Waals surface area contributed by atoms with Gasteiger partial charge in [-0.2, -0.15) is 0 Å². The van der Waals surface area contributed by atoms with Gasteiger partial charge in [-0.05, 0) is 68.1 Å². The number of unbranched alkanes of at least 4 members (excludes halogenated alkanes) is 1. The number of benzene rings is 3. The van der Waals surface area contributed by atoms with E-state index in [4.69, 9.17) is 9.72 Å². The summed E-state index contributed by atoms with van der Waals surface area (Å²) in [5.74, 6) is 1.81. The fourth-order valence-corrected chi connectivity index (χ4v) is 5.06. The van der Waals surface area contributed by atoms with Crippen molar-refractivity contribution in [3.05, 3.63) is 95.1 Å². The predicted molar refractivity (Wildman–Crippen MR) is 140 cm³/mol. The van der Waals surface area contributed by atoms with Crippen molar-refractivity contribution in [1.82, 2.24) is 14.5 Å². The molecule has 3 aromatic carbocycles. The molecular formula is C30H32FN3O2. The first kappa shape index (κ1) is 24.0. The fraction of sp³-hybridized carbons (Fsp3) is 0.333. The van der Waals surface area contributed by atoms with Gasteiger partial charge in [0.05, 0.1) is 17.6 Å². The maximum Gasteiger partial charge on any atom is 0.223 e. The molecular weight excluding hydrogens is 453 g/mol. The number of ether oxygens (including phenoxy) is 1. The van der Waals surface area contributed by atoms with Crippen LogP contribution >= 0.6 is 0 Å². The summed E-state index contributed by atoms with van der Waals surface area (Å²) < 4.78 is 21.6. The van der Waals surface area contributed by atoms with Gasteiger partial charge >= 0.3 is 0 Å². The molecule has 1 fully saturated rings. The van der Waals surface area contributed by atoms with Crippen LogP contribution in [0.1, 0.15) is 47.7 Å². The standard InChI is InChI=1S/C30H32FN3O2/c1-21-9-14-28(22(2)17-21)36-16-6-5-15-34-27-8-4-3-7-26(27)32-30(34)24-18-29(35)33(20-24)19-23-10-12-25(31)13-11-23/h3-4,7-14,17,24H,5-6,15-16,18-20H2,1-2H3. The minimum Gasteiger partial charge on any atom is -0.493 e. The first-order valence-electron chi connectivity index (χ1n) is 12.7. The van der Waals surface area contributed by atoms with Crippen molar-refractivity contribution < 1.29 is 13.9 Å². The Morgan fingerprint density at radius 2 is 1.83 bits per heavy atom. The van der Waals surface area contributed by atoms with Gasteiger partial charge in [0.2, 0.25) is 5.91 Å². The van der Waals surface area contributed by atoms with Crippen molar-refractivity contribution in [3.8, 4) is 5.75 Å². The van der Waals surface area contributed by atoms with Crippen molar-refractivity contribution in [2.75, 3.05) is 13.2 Å². The number of likely N-dealkylation sites (tertiary alicyclic amines) is 1. The molecule has 0 saturated carbocycles. The second-order valence-electron chi connectivity index (χ2n) is 9.74.